The number of aromatic nitrogens is 1. The monoisotopic (exact) mass is 492 g/mol. The Labute approximate surface area is 205 Å². The van der Waals surface area contributed by atoms with E-state index in [9.17, 15) is 19.6 Å². The summed E-state index contributed by atoms with van der Waals surface area (Å²) in [5, 5.41) is 15.3. The van der Waals surface area contributed by atoms with Gasteiger partial charge in [-0.2, -0.15) is 5.26 Å². The van der Waals surface area contributed by atoms with Crippen LogP contribution in [0.1, 0.15) is 30.9 Å². The lowest BCUT2D eigenvalue weighted by molar-refractivity contribution is -0.132. The lowest BCUT2D eigenvalue weighted by Gasteiger charge is -2.24. The summed E-state index contributed by atoms with van der Waals surface area (Å²) < 4.78 is 27.4. The highest BCUT2D eigenvalue weighted by atomic mass is 19.1. The SMILES string of the molecule is N#C[C@H](Cc1ccc(-c2ccc3oc(=O)n(C4CC(=O)C4)c3c2)cc1F)NC(=O)[C@@H]1CNCCCO1. The predicted molar refractivity (Wildman–Crippen MR) is 128 cm³/mol. The second-order valence-corrected chi connectivity index (χ2v) is 9.14. The number of halogens is 1. The van der Waals surface area contributed by atoms with E-state index in [1.165, 1.54) is 10.6 Å². The van der Waals surface area contributed by atoms with Gasteiger partial charge in [-0.15, -0.1) is 0 Å². The molecular formula is C26H25FN4O5. The number of nitrogens with one attached hydrogen (secondary N) is 2. The molecule has 1 saturated carbocycles. The van der Waals surface area contributed by atoms with E-state index in [4.69, 9.17) is 9.15 Å². The molecule has 1 aromatic heterocycles. The van der Waals surface area contributed by atoms with Crippen LogP contribution in [0.25, 0.3) is 22.2 Å². The Bertz CT molecular complexity index is 1410. The van der Waals surface area contributed by atoms with Gasteiger partial charge < -0.3 is 19.8 Å². The van der Waals surface area contributed by atoms with Gasteiger partial charge in [-0.05, 0) is 47.9 Å². The number of amides is 1. The third-order valence-electron chi connectivity index (χ3n) is 6.63. The zero-order chi connectivity index (χ0) is 25.2. The molecule has 0 unspecified atom stereocenters. The first-order chi connectivity index (χ1) is 17.4. The highest BCUT2D eigenvalue weighted by Gasteiger charge is 2.31. The number of ketones is 1. The number of benzene rings is 2. The third-order valence-corrected chi connectivity index (χ3v) is 6.63. The Balaban J connectivity index is 1.33. The van der Waals surface area contributed by atoms with Crippen molar-refractivity contribution in [2.45, 2.75) is 43.9 Å². The number of hydrogen-bond donors (Lipinski definition) is 2. The van der Waals surface area contributed by atoms with Gasteiger partial charge in [0.1, 0.15) is 23.7 Å². The van der Waals surface area contributed by atoms with Gasteiger partial charge in [0.15, 0.2) is 5.58 Å². The average molecular weight is 493 g/mol. The summed E-state index contributed by atoms with van der Waals surface area (Å²) in [6.07, 6.45) is 0.702. The van der Waals surface area contributed by atoms with Crippen molar-refractivity contribution in [1.82, 2.24) is 15.2 Å². The summed E-state index contributed by atoms with van der Waals surface area (Å²) in [5.41, 5.74) is 2.51. The molecule has 0 bridgehead atoms. The maximum atomic E-state index is 15.0. The van der Waals surface area contributed by atoms with E-state index >= 15 is 4.39 Å². The van der Waals surface area contributed by atoms with Crippen molar-refractivity contribution in [3.05, 3.63) is 58.3 Å². The minimum absolute atomic E-state index is 0.00448. The first-order valence-corrected chi connectivity index (χ1v) is 11.9. The summed E-state index contributed by atoms with van der Waals surface area (Å²) in [6.45, 7) is 1.58. The van der Waals surface area contributed by atoms with Crippen molar-refractivity contribution in [3.8, 4) is 17.2 Å². The van der Waals surface area contributed by atoms with Crippen LogP contribution in [-0.4, -0.2) is 48.1 Å². The van der Waals surface area contributed by atoms with Gasteiger partial charge in [0, 0.05) is 32.4 Å². The first kappa shape index (κ1) is 23.9. The molecule has 1 aliphatic carbocycles. The van der Waals surface area contributed by atoms with E-state index < -0.39 is 29.6 Å². The summed E-state index contributed by atoms with van der Waals surface area (Å²) in [7, 11) is 0. The van der Waals surface area contributed by atoms with E-state index in [0.29, 0.717) is 53.8 Å². The number of rotatable bonds is 6. The van der Waals surface area contributed by atoms with Gasteiger partial charge >= 0.3 is 5.76 Å². The smallest absolute Gasteiger partial charge is 0.408 e. The van der Waals surface area contributed by atoms with Crippen molar-refractivity contribution in [1.29, 1.82) is 5.26 Å². The molecule has 1 saturated heterocycles. The van der Waals surface area contributed by atoms with E-state index in [2.05, 4.69) is 10.6 Å². The number of ether oxygens (including phenoxy) is 1. The fourth-order valence-electron chi connectivity index (χ4n) is 4.60. The van der Waals surface area contributed by atoms with Gasteiger partial charge in [0.05, 0.1) is 17.6 Å². The Morgan fingerprint density at radius 2 is 2.00 bits per heavy atom. The number of carbonyl (C=O) groups excluding carboxylic acids is 2. The number of nitrogens with zero attached hydrogens (tertiary/aromatic N) is 2. The van der Waals surface area contributed by atoms with Gasteiger partial charge in [-0.25, -0.2) is 9.18 Å². The lowest BCUT2D eigenvalue weighted by Crippen LogP contribution is -2.46. The van der Waals surface area contributed by atoms with Crippen molar-refractivity contribution >= 4 is 22.8 Å². The minimum atomic E-state index is -0.911. The molecule has 2 atom stereocenters. The lowest BCUT2D eigenvalue weighted by atomic mass is 9.91. The second-order valence-electron chi connectivity index (χ2n) is 9.14. The quantitative estimate of drug-likeness (QED) is 0.540. The van der Waals surface area contributed by atoms with Crippen molar-refractivity contribution in [3.63, 3.8) is 0 Å². The number of fused-ring (bicyclic) bond motifs is 1. The molecule has 36 heavy (non-hydrogen) atoms. The normalized spacial score (nSPS) is 19.3. The van der Waals surface area contributed by atoms with Crippen molar-refractivity contribution in [2.75, 3.05) is 19.7 Å². The zero-order valence-corrected chi connectivity index (χ0v) is 19.5. The highest BCUT2D eigenvalue weighted by Crippen LogP contribution is 2.32. The first-order valence-electron chi connectivity index (χ1n) is 11.9. The molecule has 9 nitrogen and oxygen atoms in total. The number of nitriles is 1. The van der Waals surface area contributed by atoms with E-state index in [0.717, 1.165) is 13.0 Å². The molecule has 5 rings (SSSR count). The van der Waals surface area contributed by atoms with E-state index in [1.807, 2.05) is 6.07 Å². The maximum absolute atomic E-state index is 15.0. The number of hydrogen-bond acceptors (Lipinski definition) is 7. The Morgan fingerprint density at radius 3 is 2.75 bits per heavy atom. The summed E-state index contributed by atoms with van der Waals surface area (Å²) in [5.74, 6) is -1.33. The van der Waals surface area contributed by atoms with Crippen molar-refractivity contribution in [2.24, 2.45) is 0 Å². The van der Waals surface area contributed by atoms with Crippen LogP contribution in [0.2, 0.25) is 0 Å². The molecule has 0 radical (unpaired) electrons. The molecule has 2 aromatic carbocycles. The van der Waals surface area contributed by atoms with Crippen LogP contribution in [0.4, 0.5) is 4.39 Å². The molecule has 2 fully saturated rings. The maximum Gasteiger partial charge on any atom is 0.420 e. The summed E-state index contributed by atoms with van der Waals surface area (Å²) in [6, 6.07) is 10.7. The van der Waals surface area contributed by atoms with Crippen LogP contribution >= 0.6 is 0 Å². The molecule has 1 aliphatic heterocycles. The molecule has 0 spiro atoms. The van der Waals surface area contributed by atoms with Crippen LogP contribution in [0, 0.1) is 17.1 Å². The molecule has 1 amide bonds. The van der Waals surface area contributed by atoms with Crippen LogP contribution < -0.4 is 16.4 Å². The van der Waals surface area contributed by atoms with Gasteiger partial charge in [-0.3, -0.25) is 14.2 Å². The van der Waals surface area contributed by atoms with Crippen LogP contribution in [0.15, 0.2) is 45.6 Å². The predicted octanol–water partition coefficient (Wildman–Crippen LogP) is 2.23. The number of oxazole rings is 1. The second kappa shape index (κ2) is 10.0. The Hall–Kier alpha value is -3.81. The summed E-state index contributed by atoms with van der Waals surface area (Å²) in [4.78, 5) is 36.2. The molecular weight excluding hydrogens is 467 g/mol. The van der Waals surface area contributed by atoms with Gasteiger partial charge in [-0.1, -0.05) is 18.2 Å². The van der Waals surface area contributed by atoms with Crippen LogP contribution in [0.5, 0.6) is 0 Å². The average Bonchev–Trinajstić information content (AvgIpc) is 3.00. The molecule has 2 heterocycles. The summed E-state index contributed by atoms with van der Waals surface area (Å²) >= 11 is 0. The van der Waals surface area contributed by atoms with Crippen molar-refractivity contribution < 1.29 is 23.1 Å². The van der Waals surface area contributed by atoms with Gasteiger partial charge in [0.25, 0.3) is 5.91 Å². The Kier molecular flexibility index (Phi) is 6.67. The van der Waals surface area contributed by atoms with Crippen LogP contribution in [0.3, 0.4) is 0 Å². The fraction of sp³-hybridized carbons (Fsp3) is 0.385. The highest BCUT2D eigenvalue weighted by molar-refractivity contribution is 5.87. The standard InChI is InChI=1S/C26H25FN4O5/c27-21-9-15(16-4-5-23-22(10-16)31(26(34)36-23)19-11-20(32)12-19)2-3-17(21)8-18(13-28)30-25(33)24-14-29-6-1-7-35-24/h2-5,9-10,18-19,24,29H,1,6-8,11-12,14H2,(H,30,33)/t18-,24-/m0/s1. The minimum Gasteiger partial charge on any atom is -0.408 e. The number of Topliss-reactive ketones (excluding diaryl/α,β-unsaturated/α-hetero) is 1. The van der Waals surface area contributed by atoms with E-state index in [-0.39, 0.29) is 18.2 Å². The largest absolute Gasteiger partial charge is 0.420 e. The fourth-order valence-corrected chi connectivity index (χ4v) is 4.60. The molecule has 2 aliphatic rings. The molecule has 2 N–H and O–H groups in total. The Morgan fingerprint density at radius 1 is 1.22 bits per heavy atom. The molecule has 10 heteroatoms. The van der Waals surface area contributed by atoms with Crippen LogP contribution in [-0.2, 0) is 20.7 Å². The van der Waals surface area contributed by atoms with Gasteiger partial charge in [0.2, 0.25) is 0 Å². The molecule has 186 valence electrons. The number of carbonyl (C=O) groups is 2. The molecule has 3 aromatic rings. The zero-order valence-electron chi connectivity index (χ0n) is 19.5. The topological polar surface area (TPSA) is 126 Å². The van der Waals surface area contributed by atoms with E-state index in [1.54, 1.807) is 30.3 Å². The third kappa shape index (κ3) is 4.80.